The highest BCUT2D eigenvalue weighted by Gasteiger charge is 2.23. The highest BCUT2D eigenvalue weighted by molar-refractivity contribution is 5.87. The third kappa shape index (κ3) is 2.74. The molecule has 0 aliphatic rings. The number of ether oxygens (including phenoxy) is 1. The summed E-state index contributed by atoms with van der Waals surface area (Å²) in [6.45, 7) is 6.14. The van der Waals surface area contributed by atoms with Crippen LogP contribution in [0.15, 0.2) is 4.42 Å². The number of oxazole rings is 1. The van der Waals surface area contributed by atoms with Crippen LogP contribution < -0.4 is 4.74 Å². The Morgan fingerprint density at radius 2 is 2.25 bits per heavy atom. The van der Waals surface area contributed by atoms with Crippen molar-refractivity contribution >= 4 is 5.97 Å². The minimum atomic E-state index is -1.12. The molecule has 0 saturated carbocycles. The van der Waals surface area contributed by atoms with Crippen LogP contribution in [-0.2, 0) is 0 Å². The molecule has 0 saturated heterocycles. The Morgan fingerprint density at radius 3 is 2.75 bits per heavy atom. The standard InChI is InChI=1S/C11H17NO4/c1-4-6-7(3)9-12-8(10(13)14)11(16-9)15-5-2/h7H,4-6H2,1-3H3,(H,13,14). The largest absolute Gasteiger partial charge is 0.476 e. The molecule has 1 rings (SSSR count). The second-order valence-corrected chi connectivity index (χ2v) is 3.62. The van der Waals surface area contributed by atoms with Gasteiger partial charge in [0.15, 0.2) is 0 Å². The molecule has 1 aromatic heterocycles. The summed E-state index contributed by atoms with van der Waals surface area (Å²) in [4.78, 5) is 14.8. The van der Waals surface area contributed by atoms with Crippen LogP contribution in [0.3, 0.4) is 0 Å². The zero-order valence-corrected chi connectivity index (χ0v) is 9.82. The zero-order chi connectivity index (χ0) is 12.1. The van der Waals surface area contributed by atoms with Crippen molar-refractivity contribution in [3.05, 3.63) is 11.6 Å². The number of carboxylic acid groups (broad SMARTS) is 1. The molecule has 0 bridgehead atoms. The van der Waals surface area contributed by atoms with Gasteiger partial charge < -0.3 is 14.3 Å². The van der Waals surface area contributed by atoms with E-state index in [1.165, 1.54) is 0 Å². The molecule has 0 radical (unpaired) electrons. The van der Waals surface area contributed by atoms with Gasteiger partial charge in [0, 0.05) is 5.92 Å². The van der Waals surface area contributed by atoms with E-state index in [2.05, 4.69) is 11.9 Å². The number of aromatic carboxylic acids is 1. The molecule has 0 fully saturated rings. The molecule has 5 nitrogen and oxygen atoms in total. The summed E-state index contributed by atoms with van der Waals surface area (Å²) in [6, 6.07) is 0. The first kappa shape index (κ1) is 12.5. The van der Waals surface area contributed by atoms with Gasteiger partial charge in [-0.25, -0.2) is 9.78 Å². The van der Waals surface area contributed by atoms with Gasteiger partial charge in [0.2, 0.25) is 11.6 Å². The Kier molecular flexibility index (Phi) is 4.34. The van der Waals surface area contributed by atoms with E-state index in [1.807, 2.05) is 6.92 Å². The maximum absolute atomic E-state index is 10.9. The maximum Gasteiger partial charge on any atom is 0.362 e. The van der Waals surface area contributed by atoms with Gasteiger partial charge in [-0.15, -0.1) is 0 Å². The second-order valence-electron chi connectivity index (χ2n) is 3.62. The molecule has 5 heteroatoms. The molecule has 0 aliphatic heterocycles. The van der Waals surface area contributed by atoms with Gasteiger partial charge >= 0.3 is 11.9 Å². The van der Waals surface area contributed by atoms with E-state index < -0.39 is 5.97 Å². The fraction of sp³-hybridized carbons (Fsp3) is 0.636. The van der Waals surface area contributed by atoms with Gasteiger partial charge in [-0.05, 0) is 13.3 Å². The third-order valence-corrected chi connectivity index (χ3v) is 2.23. The van der Waals surface area contributed by atoms with Gasteiger partial charge in [-0.1, -0.05) is 20.3 Å². The van der Waals surface area contributed by atoms with Crippen LogP contribution >= 0.6 is 0 Å². The normalized spacial score (nSPS) is 12.4. The van der Waals surface area contributed by atoms with Gasteiger partial charge in [-0.2, -0.15) is 0 Å². The van der Waals surface area contributed by atoms with E-state index in [0.717, 1.165) is 12.8 Å². The molecule has 1 heterocycles. The van der Waals surface area contributed by atoms with Gasteiger partial charge in [0.25, 0.3) is 0 Å². The molecule has 90 valence electrons. The first-order valence-corrected chi connectivity index (χ1v) is 5.46. The van der Waals surface area contributed by atoms with Crippen molar-refractivity contribution < 1.29 is 19.1 Å². The monoisotopic (exact) mass is 227 g/mol. The van der Waals surface area contributed by atoms with Crippen molar-refractivity contribution in [1.82, 2.24) is 4.98 Å². The Bertz CT molecular complexity index is 359. The number of nitrogens with zero attached hydrogens (tertiary/aromatic N) is 1. The van der Waals surface area contributed by atoms with E-state index >= 15 is 0 Å². The van der Waals surface area contributed by atoms with Crippen LogP contribution in [0.1, 0.15) is 55.9 Å². The van der Waals surface area contributed by atoms with Gasteiger partial charge in [-0.3, -0.25) is 0 Å². The van der Waals surface area contributed by atoms with E-state index in [4.69, 9.17) is 14.3 Å². The lowest BCUT2D eigenvalue weighted by atomic mass is 10.1. The molecular weight excluding hydrogens is 210 g/mol. The van der Waals surface area contributed by atoms with Crippen molar-refractivity contribution in [3.63, 3.8) is 0 Å². The lowest BCUT2D eigenvalue weighted by Gasteiger charge is -2.03. The summed E-state index contributed by atoms with van der Waals surface area (Å²) < 4.78 is 10.4. The molecule has 0 aliphatic carbocycles. The van der Waals surface area contributed by atoms with Crippen LogP contribution in [0.2, 0.25) is 0 Å². The lowest BCUT2D eigenvalue weighted by molar-refractivity contribution is 0.0683. The van der Waals surface area contributed by atoms with E-state index in [0.29, 0.717) is 12.5 Å². The van der Waals surface area contributed by atoms with Crippen molar-refractivity contribution in [1.29, 1.82) is 0 Å². The minimum absolute atomic E-state index is 0.00736. The number of rotatable bonds is 6. The molecule has 1 atom stereocenters. The summed E-state index contributed by atoms with van der Waals surface area (Å²) >= 11 is 0. The fourth-order valence-corrected chi connectivity index (χ4v) is 1.45. The predicted molar refractivity (Wildman–Crippen MR) is 58.0 cm³/mol. The van der Waals surface area contributed by atoms with E-state index in [9.17, 15) is 4.79 Å². The topological polar surface area (TPSA) is 72.6 Å². The van der Waals surface area contributed by atoms with E-state index in [1.54, 1.807) is 6.92 Å². The SMILES string of the molecule is CCCC(C)c1nc(C(=O)O)c(OCC)o1. The first-order valence-electron chi connectivity index (χ1n) is 5.46. The average Bonchev–Trinajstić information content (AvgIpc) is 2.63. The number of carboxylic acids is 1. The molecule has 0 aromatic carbocycles. The lowest BCUT2D eigenvalue weighted by Crippen LogP contribution is -2.02. The minimum Gasteiger partial charge on any atom is -0.476 e. The summed E-state index contributed by atoms with van der Waals surface area (Å²) in [5.41, 5.74) is -0.139. The molecule has 1 N–H and O–H groups in total. The summed E-state index contributed by atoms with van der Waals surface area (Å²) in [5.74, 6) is -0.574. The Balaban J connectivity index is 2.96. The number of hydrogen-bond acceptors (Lipinski definition) is 4. The molecular formula is C11H17NO4. The Labute approximate surface area is 94.4 Å². The average molecular weight is 227 g/mol. The highest BCUT2D eigenvalue weighted by atomic mass is 16.6. The zero-order valence-electron chi connectivity index (χ0n) is 9.82. The van der Waals surface area contributed by atoms with Gasteiger partial charge in [0.1, 0.15) is 0 Å². The van der Waals surface area contributed by atoms with Crippen LogP contribution in [0.4, 0.5) is 0 Å². The van der Waals surface area contributed by atoms with Crippen LogP contribution in [-0.4, -0.2) is 22.7 Å². The third-order valence-electron chi connectivity index (χ3n) is 2.23. The first-order chi connectivity index (χ1) is 7.60. The van der Waals surface area contributed by atoms with Crippen molar-refractivity contribution in [2.45, 2.75) is 39.5 Å². The van der Waals surface area contributed by atoms with Crippen molar-refractivity contribution in [2.75, 3.05) is 6.61 Å². The highest BCUT2D eigenvalue weighted by Crippen LogP contribution is 2.27. The summed E-state index contributed by atoms with van der Waals surface area (Å²) in [6.07, 6.45) is 1.90. The quantitative estimate of drug-likeness (QED) is 0.808. The Hall–Kier alpha value is -1.52. The Morgan fingerprint density at radius 1 is 1.56 bits per heavy atom. The van der Waals surface area contributed by atoms with Crippen LogP contribution in [0.25, 0.3) is 0 Å². The number of aromatic nitrogens is 1. The summed E-state index contributed by atoms with van der Waals surface area (Å²) in [7, 11) is 0. The molecule has 1 aromatic rings. The number of carbonyl (C=O) groups is 1. The van der Waals surface area contributed by atoms with Crippen molar-refractivity contribution in [3.8, 4) is 5.95 Å². The summed E-state index contributed by atoms with van der Waals surface area (Å²) in [5, 5.41) is 8.91. The smallest absolute Gasteiger partial charge is 0.362 e. The molecule has 0 spiro atoms. The maximum atomic E-state index is 10.9. The van der Waals surface area contributed by atoms with Crippen molar-refractivity contribution in [2.24, 2.45) is 0 Å². The van der Waals surface area contributed by atoms with Crippen LogP contribution in [0.5, 0.6) is 5.95 Å². The van der Waals surface area contributed by atoms with E-state index in [-0.39, 0.29) is 17.6 Å². The van der Waals surface area contributed by atoms with Crippen LogP contribution in [0, 0.1) is 0 Å². The fourth-order valence-electron chi connectivity index (χ4n) is 1.45. The second kappa shape index (κ2) is 5.53. The number of hydrogen-bond donors (Lipinski definition) is 1. The predicted octanol–water partition coefficient (Wildman–Crippen LogP) is 2.68. The van der Waals surface area contributed by atoms with Gasteiger partial charge in [0.05, 0.1) is 6.61 Å². The molecule has 16 heavy (non-hydrogen) atoms. The molecule has 1 unspecified atom stereocenters. The molecule has 0 amide bonds.